The zero-order chi connectivity index (χ0) is 9.84. The second-order valence-corrected chi connectivity index (χ2v) is 3.12. The van der Waals surface area contributed by atoms with Crippen LogP contribution in [0.25, 0.3) is 0 Å². The van der Waals surface area contributed by atoms with Gasteiger partial charge in [-0.3, -0.25) is 0 Å². The second kappa shape index (κ2) is 4.56. The number of hydrogen-bond acceptors (Lipinski definition) is 3. The summed E-state index contributed by atoms with van der Waals surface area (Å²) in [6.07, 6.45) is 0. The first-order valence-corrected chi connectivity index (χ1v) is 4.32. The van der Waals surface area contributed by atoms with Crippen LogP contribution in [-0.2, 0) is 0 Å². The Bertz CT molecular complexity index is 304. The van der Waals surface area contributed by atoms with Crippen molar-refractivity contribution in [3.05, 3.63) is 22.2 Å². The molecule has 0 atom stereocenters. The minimum absolute atomic E-state index is 0.192. The molecule has 3 nitrogen and oxygen atoms in total. The molecule has 0 aromatic heterocycles. The molecule has 1 rings (SSSR count). The van der Waals surface area contributed by atoms with Gasteiger partial charge in [0, 0.05) is 6.07 Å². The Morgan fingerprint density at radius 3 is 2.62 bits per heavy atom. The van der Waals surface area contributed by atoms with Crippen LogP contribution in [-0.4, -0.2) is 18.9 Å². The fourth-order valence-electron chi connectivity index (χ4n) is 0.906. The summed E-state index contributed by atoms with van der Waals surface area (Å²) in [6.45, 7) is -0.192. The molecule has 1 aromatic rings. The van der Waals surface area contributed by atoms with Crippen molar-refractivity contribution >= 4 is 28.9 Å². The van der Waals surface area contributed by atoms with Crippen LogP contribution >= 0.6 is 23.2 Å². The molecule has 0 spiro atoms. The number of halogens is 2. The molecule has 5 heteroatoms. The van der Waals surface area contributed by atoms with Crippen LogP contribution < -0.4 is 10.1 Å². The predicted octanol–water partition coefficient (Wildman–Crippen LogP) is 2.36. The summed E-state index contributed by atoms with van der Waals surface area (Å²) in [5.41, 5.74) is 0.579. The maximum atomic E-state index is 8.62. The topological polar surface area (TPSA) is 41.5 Å². The molecule has 2 N–H and O–H groups in total. The monoisotopic (exact) mass is 221 g/mol. The highest BCUT2D eigenvalue weighted by molar-refractivity contribution is 6.36. The van der Waals surface area contributed by atoms with Gasteiger partial charge in [-0.05, 0) is 6.07 Å². The fraction of sp³-hybridized carbons (Fsp3) is 0.250. The highest BCUT2D eigenvalue weighted by Gasteiger charge is 2.06. The fourth-order valence-corrected chi connectivity index (χ4v) is 1.37. The van der Waals surface area contributed by atoms with Crippen molar-refractivity contribution in [2.24, 2.45) is 0 Å². The van der Waals surface area contributed by atoms with E-state index < -0.39 is 0 Å². The quantitative estimate of drug-likeness (QED) is 0.771. The van der Waals surface area contributed by atoms with Crippen molar-refractivity contribution in [2.75, 3.05) is 19.2 Å². The van der Waals surface area contributed by atoms with Crippen molar-refractivity contribution < 1.29 is 9.84 Å². The molecular formula is C8H9Cl2NO2. The molecular weight excluding hydrogens is 213 g/mol. The Balaban J connectivity index is 3.05. The summed E-state index contributed by atoms with van der Waals surface area (Å²) in [6, 6.07) is 3.18. The number of benzene rings is 1. The molecule has 0 bridgehead atoms. The molecule has 0 aliphatic heterocycles. The smallest absolute Gasteiger partial charge is 0.139 e. The van der Waals surface area contributed by atoms with Crippen molar-refractivity contribution in [1.82, 2.24) is 0 Å². The molecule has 13 heavy (non-hydrogen) atoms. The van der Waals surface area contributed by atoms with Crippen LogP contribution in [0.5, 0.6) is 5.75 Å². The molecule has 0 amide bonds. The number of ether oxygens (including phenoxy) is 1. The summed E-state index contributed by atoms with van der Waals surface area (Å²) in [7, 11) is 1.51. The van der Waals surface area contributed by atoms with Gasteiger partial charge in [0.05, 0.1) is 22.8 Å². The molecule has 0 saturated heterocycles. The highest BCUT2D eigenvalue weighted by Crippen LogP contribution is 2.33. The van der Waals surface area contributed by atoms with E-state index in [9.17, 15) is 0 Å². The first kappa shape index (κ1) is 10.4. The minimum atomic E-state index is -0.192. The Morgan fingerprint density at radius 1 is 1.38 bits per heavy atom. The van der Waals surface area contributed by atoms with E-state index >= 15 is 0 Å². The van der Waals surface area contributed by atoms with E-state index in [1.807, 2.05) is 0 Å². The molecule has 1 aromatic carbocycles. The normalized spacial score (nSPS) is 9.85. The molecule has 0 aliphatic rings. The average Bonchev–Trinajstić information content (AvgIpc) is 2.11. The van der Waals surface area contributed by atoms with E-state index in [1.165, 1.54) is 7.11 Å². The summed E-state index contributed by atoms with van der Waals surface area (Å²) < 4.78 is 4.95. The zero-order valence-electron chi connectivity index (χ0n) is 6.97. The van der Waals surface area contributed by atoms with Gasteiger partial charge in [0.15, 0.2) is 0 Å². The Morgan fingerprint density at radius 2 is 2.08 bits per heavy atom. The van der Waals surface area contributed by atoms with Crippen LogP contribution in [0, 0.1) is 0 Å². The van der Waals surface area contributed by atoms with E-state index in [2.05, 4.69) is 5.32 Å². The zero-order valence-corrected chi connectivity index (χ0v) is 8.49. The highest BCUT2D eigenvalue weighted by atomic mass is 35.5. The third kappa shape index (κ3) is 2.40. The van der Waals surface area contributed by atoms with Crippen LogP contribution in [0.2, 0.25) is 10.0 Å². The first-order valence-electron chi connectivity index (χ1n) is 3.56. The van der Waals surface area contributed by atoms with Gasteiger partial charge < -0.3 is 15.2 Å². The van der Waals surface area contributed by atoms with Crippen LogP contribution in [0.3, 0.4) is 0 Å². The third-order valence-electron chi connectivity index (χ3n) is 1.51. The van der Waals surface area contributed by atoms with E-state index in [0.29, 0.717) is 21.5 Å². The lowest BCUT2D eigenvalue weighted by Gasteiger charge is -2.08. The van der Waals surface area contributed by atoms with Gasteiger partial charge in [0.25, 0.3) is 0 Å². The molecule has 0 unspecified atom stereocenters. The number of anilines is 1. The Kier molecular flexibility index (Phi) is 3.66. The van der Waals surface area contributed by atoms with Gasteiger partial charge >= 0.3 is 0 Å². The van der Waals surface area contributed by atoms with E-state index in [-0.39, 0.29) is 6.73 Å². The van der Waals surface area contributed by atoms with Gasteiger partial charge in [-0.1, -0.05) is 23.2 Å². The van der Waals surface area contributed by atoms with Crippen LogP contribution in [0.1, 0.15) is 0 Å². The summed E-state index contributed by atoms with van der Waals surface area (Å²) in [4.78, 5) is 0. The van der Waals surface area contributed by atoms with E-state index in [4.69, 9.17) is 33.0 Å². The standard InChI is InChI=1S/C8H9Cl2NO2/c1-13-8-3-5(9)7(11-4-12)2-6(8)10/h2-3,11-12H,4H2,1H3. The molecule has 0 radical (unpaired) electrons. The van der Waals surface area contributed by atoms with Gasteiger partial charge in [0.2, 0.25) is 0 Å². The van der Waals surface area contributed by atoms with Crippen molar-refractivity contribution in [2.45, 2.75) is 0 Å². The maximum absolute atomic E-state index is 8.62. The summed E-state index contributed by atoms with van der Waals surface area (Å²) >= 11 is 11.7. The van der Waals surface area contributed by atoms with Crippen molar-refractivity contribution in [1.29, 1.82) is 0 Å². The molecule has 0 aliphatic carbocycles. The van der Waals surface area contributed by atoms with E-state index in [1.54, 1.807) is 12.1 Å². The predicted molar refractivity (Wildman–Crippen MR) is 53.7 cm³/mol. The van der Waals surface area contributed by atoms with Gasteiger partial charge in [0.1, 0.15) is 12.5 Å². The lowest BCUT2D eigenvalue weighted by Crippen LogP contribution is -2.00. The minimum Gasteiger partial charge on any atom is -0.495 e. The number of aliphatic hydroxyl groups is 1. The largest absolute Gasteiger partial charge is 0.495 e. The first-order chi connectivity index (χ1) is 6.19. The summed E-state index contributed by atoms with van der Waals surface area (Å²) in [5, 5.41) is 12.2. The van der Waals surface area contributed by atoms with Crippen molar-refractivity contribution in [3.63, 3.8) is 0 Å². The SMILES string of the molecule is COc1cc(Cl)c(NCO)cc1Cl. The Hall–Kier alpha value is -0.640. The number of methoxy groups -OCH3 is 1. The lowest BCUT2D eigenvalue weighted by atomic mass is 10.3. The molecule has 72 valence electrons. The number of nitrogens with one attached hydrogen (secondary N) is 1. The lowest BCUT2D eigenvalue weighted by molar-refractivity contribution is 0.325. The molecule has 0 saturated carbocycles. The number of aliphatic hydroxyl groups excluding tert-OH is 1. The third-order valence-corrected chi connectivity index (χ3v) is 2.12. The van der Waals surface area contributed by atoms with Gasteiger partial charge in [-0.25, -0.2) is 0 Å². The summed E-state index contributed by atoms with van der Waals surface area (Å²) in [5.74, 6) is 0.509. The number of hydrogen-bond donors (Lipinski definition) is 2. The maximum Gasteiger partial charge on any atom is 0.139 e. The van der Waals surface area contributed by atoms with Gasteiger partial charge in [-0.15, -0.1) is 0 Å². The number of rotatable bonds is 3. The second-order valence-electron chi connectivity index (χ2n) is 2.30. The van der Waals surface area contributed by atoms with Gasteiger partial charge in [-0.2, -0.15) is 0 Å². The van der Waals surface area contributed by atoms with Crippen molar-refractivity contribution in [3.8, 4) is 5.75 Å². The van der Waals surface area contributed by atoms with Crippen LogP contribution in [0.4, 0.5) is 5.69 Å². The molecule has 0 heterocycles. The Labute approximate surface area is 86.2 Å². The van der Waals surface area contributed by atoms with Crippen LogP contribution in [0.15, 0.2) is 12.1 Å². The molecule has 0 fully saturated rings. The average molecular weight is 222 g/mol. The van der Waals surface area contributed by atoms with E-state index in [0.717, 1.165) is 0 Å².